The molecule has 17 heavy (non-hydrogen) atoms. The van der Waals surface area contributed by atoms with E-state index in [1.165, 1.54) is 12.1 Å². The van der Waals surface area contributed by atoms with Gasteiger partial charge in [0, 0.05) is 5.56 Å². The fraction of sp³-hybridized carbons (Fsp3) is 0.417. The Morgan fingerprint density at radius 2 is 2.18 bits per heavy atom. The molecule has 0 saturated heterocycles. The number of hydrogen-bond acceptors (Lipinski definition) is 2. The topological polar surface area (TPSA) is 49.3 Å². The minimum Gasteiger partial charge on any atom is -0.394 e. The average Bonchev–Trinajstić information content (AvgIpc) is 2.32. The summed E-state index contributed by atoms with van der Waals surface area (Å²) in [7, 11) is 0. The average molecular weight is 243 g/mol. The van der Waals surface area contributed by atoms with Crippen LogP contribution in [0.5, 0.6) is 0 Å². The highest BCUT2D eigenvalue weighted by Gasteiger charge is 2.13. The lowest BCUT2D eigenvalue weighted by Gasteiger charge is -2.14. The Bertz CT molecular complexity index is 392. The van der Waals surface area contributed by atoms with Gasteiger partial charge in [-0.25, -0.2) is 8.78 Å². The third-order valence-electron chi connectivity index (χ3n) is 2.46. The maximum atomic E-state index is 13.3. The number of amides is 1. The van der Waals surface area contributed by atoms with E-state index in [0.717, 1.165) is 6.07 Å². The van der Waals surface area contributed by atoms with Crippen LogP contribution in [0.4, 0.5) is 8.78 Å². The SMILES string of the molecule is CCC(CO)NC(=O)Cc1cccc(F)c1F. The van der Waals surface area contributed by atoms with Gasteiger partial charge < -0.3 is 10.4 Å². The minimum atomic E-state index is -1.00. The molecule has 0 aliphatic carbocycles. The molecule has 94 valence electrons. The highest BCUT2D eigenvalue weighted by molar-refractivity contribution is 5.78. The van der Waals surface area contributed by atoms with Crippen LogP contribution < -0.4 is 5.32 Å². The van der Waals surface area contributed by atoms with Crippen molar-refractivity contribution in [2.24, 2.45) is 0 Å². The zero-order valence-corrected chi connectivity index (χ0v) is 9.54. The zero-order chi connectivity index (χ0) is 12.8. The van der Waals surface area contributed by atoms with Crippen molar-refractivity contribution < 1.29 is 18.7 Å². The molecular formula is C12H15F2NO2. The molecule has 0 aromatic heterocycles. The van der Waals surface area contributed by atoms with Gasteiger partial charge in [0.2, 0.25) is 5.91 Å². The molecule has 1 aromatic rings. The largest absolute Gasteiger partial charge is 0.394 e. The second kappa shape index (κ2) is 6.30. The number of halogens is 2. The third-order valence-corrected chi connectivity index (χ3v) is 2.46. The van der Waals surface area contributed by atoms with Gasteiger partial charge in [0.05, 0.1) is 19.1 Å². The number of rotatable bonds is 5. The number of hydrogen-bond donors (Lipinski definition) is 2. The van der Waals surface area contributed by atoms with Crippen LogP contribution in [0.3, 0.4) is 0 Å². The van der Waals surface area contributed by atoms with Crippen molar-refractivity contribution in [2.45, 2.75) is 25.8 Å². The molecule has 1 unspecified atom stereocenters. The Morgan fingerprint density at radius 3 is 2.76 bits per heavy atom. The summed E-state index contributed by atoms with van der Waals surface area (Å²) in [6.07, 6.45) is 0.341. The summed E-state index contributed by atoms with van der Waals surface area (Å²) < 4.78 is 26.1. The van der Waals surface area contributed by atoms with Crippen molar-refractivity contribution in [3.63, 3.8) is 0 Å². The molecule has 1 rings (SSSR count). The van der Waals surface area contributed by atoms with Crippen LogP contribution in [0.15, 0.2) is 18.2 Å². The Morgan fingerprint density at radius 1 is 1.47 bits per heavy atom. The number of carbonyl (C=O) groups excluding carboxylic acids is 1. The van der Waals surface area contributed by atoms with E-state index in [-0.39, 0.29) is 24.6 Å². The van der Waals surface area contributed by atoms with Crippen LogP contribution in [0, 0.1) is 11.6 Å². The van der Waals surface area contributed by atoms with E-state index in [2.05, 4.69) is 5.32 Å². The molecule has 0 saturated carbocycles. The quantitative estimate of drug-likeness (QED) is 0.821. The molecule has 0 bridgehead atoms. The van der Waals surface area contributed by atoms with Crippen LogP contribution in [0.25, 0.3) is 0 Å². The molecule has 1 aromatic carbocycles. The first-order valence-corrected chi connectivity index (χ1v) is 5.41. The number of aliphatic hydroxyl groups is 1. The molecule has 3 nitrogen and oxygen atoms in total. The number of benzene rings is 1. The fourth-order valence-corrected chi connectivity index (χ4v) is 1.41. The first-order chi connectivity index (χ1) is 8.08. The maximum Gasteiger partial charge on any atom is 0.224 e. The predicted molar refractivity (Wildman–Crippen MR) is 59.4 cm³/mol. The zero-order valence-electron chi connectivity index (χ0n) is 9.54. The lowest BCUT2D eigenvalue weighted by Crippen LogP contribution is -2.38. The van der Waals surface area contributed by atoms with Gasteiger partial charge in [0.1, 0.15) is 0 Å². The predicted octanol–water partition coefficient (Wildman–Crippen LogP) is 1.39. The molecule has 0 heterocycles. The van der Waals surface area contributed by atoms with E-state index in [9.17, 15) is 13.6 Å². The monoisotopic (exact) mass is 243 g/mol. The van der Waals surface area contributed by atoms with Gasteiger partial charge in [-0.1, -0.05) is 19.1 Å². The van der Waals surface area contributed by atoms with E-state index in [1.54, 1.807) is 0 Å². The normalized spacial score (nSPS) is 12.2. The third kappa shape index (κ3) is 3.78. The summed E-state index contributed by atoms with van der Waals surface area (Å²) in [6.45, 7) is 1.64. The van der Waals surface area contributed by atoms with E-state index in [4.69, 9.17) is 5.11 Å². The Kier molecular flexibility index (Phi) is 5.03. The van der Waals surface area contributed by atoms with Gasteiger partial charge in [-0.05, 0) is 12.5 Å². The lowest BCUT2D eigenvalue weighted by molar-refractivity contribution is -0.121. The van der Waals surface area contributed by atoms with Gasteiger partial charge in [-0.2, -0.15) is 0 Å². The Labute approximate surface area is 98.5 Å². The molecule has 0 fully saturated rings. The van der Waals surface area contributed by atoms with Gasteiger partial charge in [0.15, 0.2) is 11.6 Å². The van der Waals surface area contributed by atoms with Crippen LogP contribution in [0.1, 0.15) is 18.9 Å². The lowest BCUT2D eigenvalue weighted by atomic mass is 10.1. The van der Waals surface area contributed by atoms with Gasteiger partial charge in [-0.15, -0.1) is 0 Å². The summed E-state index contributed by atoms with van der Waals surface area (Å²) >= 11 is 0. The molecule has 0 aliphatic heterocycles. The van der Waals surface area contributed by atoms with E-state index in [0.29, 0.717) is 6.42 Å². The highest BCUT2D eigenvalue weighted by Crippen LogP contribution is 2.11. The van der Waals surface area contributed by atoms with Crippen LogP contribution >= 0.6 is 0 Å². The molecule has 2 N–H and O–H groups in total. The highest BCUT2D eigenvalue weighted by atomic mass is 19.2. The summed E-state index contributed by atoms with van der Waals surface area (Å²) in [5.74, 6) is -2.40. The molecule has 5 heteroatoms. The molecule has 1 amide bonds. The van der Waals surface area contributed by atoms with Crippen molar-refractivity contribution >= 4 is 5.91 Å². The van der Waals surface area contributed by atoms with Gasteiger partial charge >= 0.3 is 0 Å². The van der Waals surface area contributed by atoms with E-state index >= 15 is 0 Å². The summed E-state index contributed by atoms with van der Waals surface area (Å²) in [6, 6.07) is 3.36. The second-order valence-corrected chi connectivity index (χ2v) is 3.74. The Balaban J connectivity index is 2.65. The van der Waals surface area contributed by atoms with Gasteiger partial charge in [-0.3, -0.25) is 4.79 Å². The molecule has 1 atom stereocenters. The van der Waals surface area contributed by atoms with Crippen LogP contribution in [-0.2, 0) is 11.2 Å². The van der Waals surface area contributed by atoms with Crippen molar-refractivity contribution in [1.29, 1.82) is 0 Å². The van der Waals surface area contributed by atoms with Gasteiger partial charge in [0.25, 0.3) is 0 Å². The van der Waals surface area contributed by atoms with E-state index in [1.807, 2.05) is 6.92 Å². The fourth-order valence-electron chi connectivity index (χ4n) is 1.41. The van der Waals surface area contributed by atoms with E-state index < -0.39 is 17.5 Å². The minimum absolute atomic E-state index is 0.00953. The maximum absolute atomic E-state index is 13.3. The van der Waals surface area contributed by atoms with Crippen LogP contribution in [-0.4, -0.2) is 23.7 Å². The number of nitrogens with one attached hydrogen (secondary N) is 1. The summed E-state index contributed by atoms with van der Waals surface area (Å²) in [4.78, 5) is 11.5. The first kappa shape index (κ1) is 13.6. The molecule has 0 radical (unpaired) electrons. The number of carbonyl (C=O) groups is 1. The summed E-state index contributed by atoms with van der Waals surface area (Å²) in [5, 5.41) is 11.4. The number of aliphatic hydroxyl groups excluding tert-OH is 1. The standard InChI is InChI=1S/C12H15F2NO2/c1-2-9(7-16)15-11(17)6-8-4-3-5-10(13)12(8)14/h3-5,9,16H,2,6-7H2,1H3,(H,15,17). The van der Waals surface area contributed by atoms with Crippen LogP contribution in [0.2, 0.25) is 0 Å². The molecule has 0 aliphatic rings. The van der Waals surface area contributed by atoms with Crippen molar-refractivity contribution in [2.75, 3.05) is 6.61 Å². The van der Waals surface area contributed by atoms with Crippen molar-refractivity contribution in [3.8, 4) is 0 Å². The first-order valence-electron chi connectivity index (χ1n) is 5.41. The van der Waals surface area contributed by atoms with Crippen molar-refractivity contribution in [1.82, 2.24) is 5.32 Å². The summed E-state index contributed by atoms with van der Waals surface area (Å²) in [5.41, 5.74) is 0.00953. The molecule has 0 spiro atoms. The smallest absolute Gasteiger partial charge is 0.224 e. The second-order valence-electron chi connectivity index (χ2n) is 3.74. The van der Waals surface area contributed by atoms with Crippen molar-refractivity contribution in [3.05, 3.63) is 35.4 Å². The molecular weight excluding hydrogens is 228 g/mol. The Hall–Kier alpha value is -1.49.